The molecule has 23 heavy (non-hydrogen) atoms. The Bertz CT molecular complexity index is 525. The Labute approximate surface area is 139 Å². The number of aliphatic imine (C=N–C) groups is 1. The summed E-state index contributed by atoms with van der Waals surface area (Å²) in [6.45, 7) is 6.20. The molecule has 1 aromatic rings. The summed E-state index contributed by atoms with van der Waals surface area (Å²) in [5.74, 6) is 0.708. The smallest absolute Gasteiger partial charge is 0.251 e. The van der Waals surface area contributed by atoms with Crippen molar-refractivity contribution in [2.75, 3.05) is 34.2 Å². The lowest BCUT2D eigenvalue weighted by Gasteiger charge is -2.15. The van der Waals surface area contributed by atoms with Crippen molar-refractivity contribution in [2.24, 2.45) is 4.99 Å². The first-order valence-electron chi connectivity index (χ1n) is 7.91. The van der Waals surface area contributed by atoms with Crippen LogP contribution >= 0.6 is 0 Å². The third kappa shape index (κ3) is 7.65. The zero-order valence-corrected chi connectivity index (χ0v) is 14.8. The highest BCUT2D eigenvalue weighted by Crippen LogP contribution is 2.05. The zero-order valence-electron chi connectivity index (χ0n) is 14.8. The predicted molar refractivity (Wildman–Crippen MR) is 95.8 cm³/mol. The summed E-state index contributed by atoms with van der Waals surface area (Å²) in [7, 11) is 5.71. The van der Waals surface area contributed by atoms with E-state index >= 15 is 0 Å². The van der Waals surface area contributed by atoms with Crippen molar-refractivity contribution < 1.29 is 4.79 Å². The second kappa shape index (κ2) is 9.84. The number of nitrogens with one attached hydrogen (secondary N) is 3. The molecule has 6 nitrogen and oxygen atoms in total. The Balaban J connectivity index is 2.57. The molecule has 0 aliphatic carbocycles. The van der Waals surface area contributed by atoms with Crippen LogP contribution in [0, 0.1) is 0 Å². The number of benzene rings is 1. The fourth-order valence-corrected chi connectivity index (χ4v) is 1.97. The van der Waals surface area contributed by atoms with Crippen LogP contribution in [0.1, 0.15) is 29.8 Å². The van der Waals surface area contributed by atoms with E-state index in [4.69, 9.17) is 0 Å². The number of carbonyl (C=O) groups is 1. The van der Waals surface area contributed by atoms with Crippen LogP contribution in [0.15, 0.2) is 29.3 Å². The van der Waals surface area contributed by atoms with E-state index in [2.05, 4.69) is 34.8 Å². The van der Waals surface area contributed by atoms with Crippen molar-refractivity contribution in [1.82, 2.24) is 20.9 Å². The van der Waals surface area contributed by atoms with Gasteiger partial charge in [-0.3, -0.25) is 9.79 Å². The van der Waals surface area contributed by atoms with Gasteiger partial charge in [-0.15, -0.1) is 0 Å². The molecule has 0 unspecified atom stereocenters. The molecular formula is C17H29N5O. The van der Waals surface area contributed by atoms with E-state index in [9.17, 15) is 4.79 Å². The lowest BCUT2D eigenvalue weighted by molar-refractivity contribution is 0.0951. The molecule has 1 aromatic carbocycles. The Hall–Kier alpha value is -2.08. The summed E-state index contributed by atoms with van der Waals surface area (Å²) in [5.41, 5.74) is 1.71. The van der Waals surface area contributed by atoms with Crippen LogP contribution in [0.3, 0.4) is 0 Å². The molecule has 0 spiro atoms. The molecule has 0 aromatic heterocycles. The summed E-state index contributed by atoms with van der Waals surface area (Å²) in [4.78, 5) is 18.3. The lowest BCUT2D eigenvalue weighted by Crippen LogP contribution is -2.40. The van der Waals surface area contributed by atoms with Gasteiger partial charge >= 0.3 is 0 Å². The monoisotopic (exact) mass is 319 g/mol. The molecule has 0 heterocycles. The zero-order chi connectivity index (χ0) is 17.2. The van der Waals surface area contributed by atoms with E-state index in [0.717, 1.165) is 18.1 Å². The SMILES string of the molecule is CN=C(NCc1cccc(C(=O)NCCN(C)C)c1)NC(C)C. The van der Waals surface area contributed by atoms with Crippen LogP contribution in [0.2, 0.25) is 0 Å². The predicted octanol–water partition coefficient (Wildman–Crippen LogP) is 1.05. The van der Waals surface area contributed by atoms with E-state index < -0.39 is 0 Å². The molecule has 3 N–H and O–H groups in total. The molecule has 0 aliphatic rings. The van der Waals surface area contributed by atoms with Crippen molar-refractivity contribution in [3.8, 4) is 0 Å². The molecule has 6 heteroatoms. The highest BCUT2D eigenvalue weighted by atomic mass is 16.1. The molecule has 0 atom stereocenters. The second-order valence-electron chi connectivity index (χ2n) is 5.98. The largest absolute Gasteiger partial charge is 0.354 e. The average Bonchev–Trinajstić information content (AvgIpc) is 2.50. The Morgan fingerprint density at radius 2 is 2.00 bits per heavy atom. The quantitative estimate of drug-likeness (QED) is 0.519. The average molecular weight is 319 g/mol. The topological polar surface area (TPSA) is 68.8 Å². The lowest BCUT2D eigenvalue weighted by atomic mass is 10.1. The van der Waals surface area contributed by atoms with E-state index in [-0.39, 0.29) is 5.91 Å². The van der Waals surface area contributed by atoms with E-state index in [1.165, 1.54) is 0 Å². The number of carbonyl (C=O) groups excluding carboxylic acids is 1. The second-order valence-corrected chi connectivity index (χ2v) is 5.98. The van der Waals surface area contributed by atoms with Gasteiger partial charge in [-0.2, -0.15) is 0 Å². The molecule has 0 aliphatic heterocycles. The van der Waals surface area contributed by atoms with Crippen LogP contribution < -0.4 is 16.0 Å². The highest BCUT2D eigenvalue weighted by Gasteiger charge is 2.06. The number of amides is 1. The summed E-state index contributed by atoms with van der Waals surface area (Å²) in [5, 5.41) is 9.39. The van der Waals surface area contributed by atoms with Gasteiger partial charge in [0.05, 0.1) is 0 Å². The van der Waals surface area contributed by atoms with Gasteiger partial charge in [-0.05, 0) is 45.6 Å². The summed E-state index contributed by atoms with van der Waals surface area (Å²) in [6, 6.07) is 7.94. The third-order valence-corrected chi connectivity index (χ3v) is 3.14. The van der Waals surface area contributed by atoms with Gasteiger partial charge in [0, 0.05) is 38.3 Å². The van der Waals surface area contributed by atoms with Gasteiger partial charge in [0.1, 0.15) is 0 Å². The first-order chi connectivity index (χ1) is 10.9. The fourth-order valence-electron chi connectivity index (χ4n) is 1.97. The van der Waals surface area contributed by atoms with Gasteiger partial charge in [0.25, 0.3) is 5.91 Å². The number of rotatable bonds is 7. The van der Waals surface area contributed by atoms with Crippen molar-refractivity contribution in [1.29, 1.82) is 0 Å². The normalized spacial score (nSPS) is 11.7. The highest BCUT2D eigenvalue weighted by molar-refractivity contribution is 5.94. The van der Waals surface area contributed by atoms with Crippen LogP contribution in [0.5, 0.6) is 0 Å². The Kier molecular flexibility index (Phi) is 8.11. The number of likely N-dealkylation sites (N-methyl/N-ethyl adjacent to an activating group) is 1. The van der Waals surface area contributed by atoms with E-state index in [0.29, 0.717) is 24.7 Å². The molecule has 0 saturated heterocycles. The molecule has 1 rings (SSSR count). The van der Waals surface area contributed by atoms with Crippen molar-refractivity contribution in [3.05, 3.63) is 35.4 Å². The maximum absolute atomic E-state index is 12.1. The molecule has 0 saturated carbocycles. The number of hydrogen-bond donors (Lipinski definition) is 3. The Morgan fingerprint density at radius 1 is 1.26 bits per heavy atom. The first-order valence-corrected chi connectivity index (χ1v) is 7.91. The maximum atomic E-state index is 12.1. The number of hydrogen-bond acceptors (Lipinski definition) is 3. The maximum Gasteiger partial charge on any atom is 0.251 e. The van der Waals surface area contributed by atoms with Crippen molar-refractivity contribution in [2.45, 2.75) is 26.4 Å². The van der Waals surface area contributed by atoms with Gasteiger partial charge < -0.3 is 20.9 Å². The summed E-state index contributed by atoms with van der Waals surface area (Å²) < 4.78 is 0. The Morgan fingerprint density at radius 3 is 2.61 bits per heavy atom. The van der Waals surface area contributed by atoms with Crippen molar-refractivity contribution in [3.63, 3.8) is 0 Å². The summed E-state index contributed by atoms with van der Waals surface area (Å²) >= 11 is 0. The van der Waals surface area contributed by atoms with Crippen LogP contribution in [-0.4, -0.2) is 57.0 Å². The molecular weight excluding hydrogens is 290 g/mol. The van der Waals surface area contributed by atoms with Crippen LogP contribution in [0.25, 0.3) is 0 Å². The molecule has 0 fully saturated rings. The fraction of sp³-hybridized carbons (Fsp3) is 0.529. The standard InChI is InChI=1S/C17H29N5O/c1-13(2)21-17(18-3)20-12-14-7-6-8-15(11-14)16(23)19-9-10-22(4)5/h6-8,11,13H,9-10,12H2,1-5H3,(H,19,23)(H2,18,20,21). The third-order valence-electron chi connectivity index (χ3n) is 3.14. The summed E-state index contributed by atoms with van der Waals surface area (Å²) in [6.07, 6.45) is 0. The van der Waals surface area contributed by atoms with Gasteiger partial charge in [-0.25, -0.2) is 0 Å². The minimum Gasteiger partial charge on any atom is -0.354 e. The molecule has 1 amide bonds. The number of guanidine groups is 1. The van der Waals surface area contributed by atoms with E-state index in [1.54, 1.807) is 7.05 Å². The minimum absolute atomic E-state index is 0.0432. The van der Waals surface area contributed by atoms with Gasteiger partial charge in [0.2, 0.25) is 0 Å². The molecule has 128 valence electrons. The van der Waals surface area contributed by atoms with Crippen LogP contribution in [0.4, 0.5) is 0 Å². The molecule has 0 radical (unpaired) electrons. The minimum atomic E-state index is -0.0432. The van der Waals surface area contributed by atoms with Crippen molar-refractivity contribution >= 4 is 11.9 Å². The van der Waals surface area contributed by atoms with E-state index in [1.807, 2.05) is 43.3 Å². The number of nitrogens with zero attached hydrogens (tertiary/aromatic N) is 2. The first kappa shape index (κ1) is 19.0. The van der Waals surface area contributed by atoms with Gasteiger partial charge in [0.15, 0.2) is 5.96 Å². The van der Waals surface area contributed by atoms with Gasteiger partial charge in [-0.1, -0.05) is 12.1 Å². The molecule has 0 bridgehead atoms. The van der Waals surface area contributed by atoms with Crippen LogP contribution in [-0.2, 0) is 6.54 Å².